The van der Waals surface area contributed by atoms with Crippen LogP contribution in [0.3, 0.4) is 0 Å². The first-order valence-electron chi connectivity index (χ1n) is 8.53. The van der Waals surface area contributed by atoms with E-state index in [-0.39, 0.29) is 11.0 Å². The maximum Gasteiger partial charge on any atom is 0.258 e. The average Bonchev–Trinajstić information content (AvgIpc) is 3.11. The quantitative estimate of drug-likeness (QED) is 0.346. The van der Waals surface area contributed by atoms with E-state index < -0.39 is 0 Å². The zero-order valence-corrected chi connectivity index (χ0v) is 17.9. The Bertz CT molecular complexity index is 1240. The fourth-order valence-corrected chi connectivity index (χ4v) is 3.59. The van der Waals surface area contributed by atoms with E-state index in [1.807, 2.05) is 18.2 Å². The third-order valence-electron chi connectivity index (χ3n) is 4.06. The van der Waals surface area contributed by atoms with Crippen LogP contribution in [0.25, 0.3) is 22.6 Å². The zero-order valence-electron chi connectivity index (χ0n) is 14.8. The minimum absolute atomic E-state index is 0.184. The van der Waals surface area contributed by atoms with E-state index in [9.17, 15) is 4.79 Å². The number of anilines is 1. The Morgan fingerprint density at radius 3 is 2.69 bits per heavy atom. The highest BCUT2D eigenvalue weighted by atomic mass is 79.9. The molecule has 0 fully saturated rings. The summed E-state index contributed by atoms with van der Waals surface area (Å²) in [7, 11) is 0. The molecule has 0 spiro atoms. The average molecular weight is 487 g/mol. The molecule has 0 aliphatic rings. The van der Waals surface area contributed by atoms with Crippen LogP contribution in [0.1, 0.15) is 10.4 Å². The summed E-state index contributed by atoms with van der Waals surface area (Å²) < 4.78 is 6.49. The van der Waals surface area contributed by atoms with E-state index in [2.05, 4.69) is 31.5 Å². The number of benzene rings is 3. The SMILES string of the molecule is O=C(NC(=S)Nc1ccc2oc(-c3cccc(Cl)c3)nc2c1)c1ccccc1Br. The number of oxazole rings is 1. The van der Waals surface area contributed by atoms with Crippen LogP contribution >= 0.6 is 39.7 Å². The van der Waals surface area contributed by atoms with Crippen LogP contribution in [0, 0.1) is 0 Å². The Morgan fingerprint density at radius 2 is 1.90 bits per heavy atom. The highest BCUT2D eigenvalue weighted by molar-refractivity contribution is 9.10. The first-order chi connectivity index (χ1) is 14.0. The van der Waals surface area contributed by atoms with Crippen LogP contribution in [0.2, 0.25) is 5.02 Å². The molecule has 0 saturated heterocycles. The fourth-order valence-electron chi connectivity index (χ4n) is 2.73. The molecule has 0 saturated carbocycles. The van der Waals surface area contributed by atoms with Gasteiger partial charge in [-0.3, -0.25) is 10.1 Å². The Hall–Kier alpha value is -2.74. The summed E-state index contributed by atoms with van der Waals surface area (Å²) in [4.78, 5) is 16.9. The smallest absolute Gasteiger partial charge is 0.258 e. The third kappa shape index (κ3) is 4.48. The van der Waals surface area contributed by atoms with E-state index in [0.29, 0.717) is 37.7 Å². The van der Waals surface area contributed by atoms with Gasteiger partial charge in [0.2, 0.25) is 5.89 Å². The molecule has 1 aromatic heterocycles. The summed E-state index contributed by atoms with van der Waals surface area (Å²) in [6.45, 7) is 0. The number of thiocarbonyl (C=S) groups is 1. The molecule has 1 heterocycles. The standard InChI is InChI=1S/C21H13BrClN3O2S/c22-16-7-2-1-6-15(16)19(27)26-21(29)24-14-8-9-18-17(11-14)25-20(28-18)12-4-3-5-13(23)10-12/h1-11H,(H2,24,26,27,29). The summed E-state index contributed by atoms with van der Waals surface area (Å²) in [6.07, 6.45) is 0. The van der Waals surface area contributed by atoms with Crippen molar-refractivity contribution in [3.63, 3.8) is 0 Å². The van der Waals surface area contributed by atoms with E-state index in [1.165, 1.54) is 0 Å². The predicted molar refractivity (Wildman–Crippen MR) is 122 cm³/mol. The Kier molecular flexibility index (Phi) is 5.62. The Labute approximate surface area is 185 Å². The largest absolute Gasteiger partial charge is 0.436 e. The van der Waals surface area contributed by atoms with Crippen LogP contribution in [0.15, 0.2) is 75.6 Å². The number of aromatic nitrogens is 1. The Morgan fingerprint density at radius 1 is 1.07 bits per heavy atom. The van der Waals surface area contributed by atoms with Gasteiger partial charge in [0.15, 0.2) is 10.7 Å². The lowest BCUT2D eigenvalue weighted by atomic mass is 10.2. The van der Waals surface area contributed by atoms with E-state index in [4.69, 9.17) is 28.2 Å². The molecule has 3 aromatic carbocycles. The molecule has 4 aromatic rings. The maximum atomic E-state index is 12.4. The van der Waals surface area contributed by atoms with Gasteiger partial charge in [0.1, 0.15) is 5.52 Å². The van der Waals surface area contributed by atoms with Gasteiger partial charge in [-0.15, -0.1) is 0 Å². The monoisotopic (exact) mass is 485 g/mol. The molecular formula is C21H13BrClN3O2S. The topological polar surface area (TPSA) is 67.2 Å². The van der Waals surface area contributed by atoms with Crippen molar-refractivity contribution in [2.24, 2.45) is 0 Å². The molecular weight excluding hydrogens is 474 g/mol. The second-order valence-electron chi connectivity index (χ2n) is 6.10. The lowest BCUT2D eigenvalue weighted by Crippen LogP contribution is -2.34. The van der Waals surface area contributed by atoms with E-state index in [0.717, 1.165) is 5.56 Å². The molecule has 1 amide bonds. The molecule has 144 valence electrons. The highest BCUT2D eigenvalue weighted by Gasteiger charge is 2.12. The van der Waals surface area contributed by atoms with Gasteiger partial charge in [0, 0.05) is 20.7 Å². The van der Waals surface area contributed by atoms with Crippen molar-refractivity contribution in [1.82, 2.24) is 10.3 Å². The number of rotatable bonds is 3. The van der Waals surface area contributed by atoms with Crippen molar-refractivity contribution in [3.8, 4) is 11.5 Å². The van der Waals surface area contributed by atoms with Gasteiger partial charge in [-0.1, -0.05) is 29.8 Å². The molecule has 0 atom stereocenters. The predicted octanol–water partition coefficient (Wildman–Crippen LogP) is 6.04. The van der Waals surface area contributed by atoms with Gasteiger partial charge in [-0.25, -0.2) is 4.98 Å². The minimum atomic E-state index is -0.305. The van der Waals surface area contributed by atoms with Crippen molar-refractivity contribution in [2.75, 3.05) is 5.32 Å². The summed E-state index contributed by atoms with van der Waals surface area (Å²) in [5, 5.41) is 6.45. The van der Waals surface area contributed by atoms with Gasteiger partial charge in [0.25, 0.3) is 5.91 Å². The number of carbonyl (C=O) groups excluding carboxylic acids is 1. The first-order valence-corrected chi connectivity index (χ1v) is 10.1. The Balaban J connectivity index is 1.50. The fraction of sp³-hybridized carbons (Fsp3) is 0. The zero-order chi connectivity index (χ0) is 20.4. The van der Waals surface area contributed by atoms with Crippen molar-refractivity contribution in [3.05, 3.63) is 81.8 Å². The number of nitrogens with zero attached hydrogens (tertiary/aromatic N) is 1. The van der Waals surface area contributed by atoms with Gasteiger partial charge in [0.05, 0.1) is 5.56 Å². The molecule has 0 aliphatic carbocycles. The molecule has 5 nitrogen and oxygen atoms in total. The number of halogens is 2. The summed E-state index contributed by atoms with van der Waals surface area (Å²) in [5.74, 6) is 0.171. The third-order valence-corrected chi connectivity index (χ3v) is 5.19. The van der Waals surface area contributed by atoms with Crippen LogP contribution in [-0.4, -0.2) is 16.0 Å². The number of amides is 1. The lowest BCUT2D eigenvalue weighted by Gasteiger charge is -2.10. The molecule has 0 aliphatic heterocycles. The minimum Gasteiger partial charge on any atom is -0.436 e. The maximum absolute atomic E-state index is 12.4. The molecule has 2 N–H and O–H groups in total. The number of hydrogen-bond donors (Lipinski definition) is 2. The van der Waals surface area contributed by atoms with Crippen molar-refractivity contribution in [1.29, 1.82) is 0 Å². The van der Waals surface area contributed by atoms with Crippen LogP contribution in [0.4, 0.5) is 5.69 Å². The van der Waals surface area contributed by atoms with Crippen LogP contribution < -0.4 is 10.6 Å². The van der Waals surface area contributed by atoms with Crippen molar-refractivity contribution < 1.29 is 9.21 Å². The van der Waals surface area contributed by atoms with E-state index in [1.54, 1.807) is 48.5 Å². The number of nitrogens with one attached hydrogen (secondary N) is 2. The lowest BCUT2D eigenvalue weighted by molar-refractivity contribution is 0.0977. The van der Waals surface area contributed by atoms with Crippen molar-refractivity contribution in [2.45, 2.75) is 0 Å². The van der Waals surface area contributed by atoms with Crippen LogP contribution in [0.5, 0.6) is 0 Å². The summed E-state index contributed by atoms with van der Waals surface area (Å²) >= 11 is 14.7. The van der Waals surface area contributed by atoms with Gasteiger partial charge >= 0.3 is 0 Å². The summed E-state index contributed by atoms with van der Waals surface area (Å²) in [5.41, 5.74) is 3.26. The molecule has 8 heteroatoms. The normalized spacial score (nSPS) is 10.7. The summed E-state index contributed by atoms with van der Waals surface area (Å²) in [6, 6.07) is 19.8. The van der Waals surface area contributed by atoms with Crippen molar-refractivity contribution >= 4 is 67.6 Å². The number of hydrogen-bond acceptors (Lipinski definition) is 4. The van der Waals surface area contributed by atoms with Gasteiger partial charge < -0.3 is 9.73 Å². The highest BCUT2D eigenvalue weighted by Crippen LogP contribution is 2.27. The first kappa shape index (κ1) is 19.6. The number of carbonyl (C=O) groups is 1. The van der Waals surface area contributed by atoms with E-state index >= 15 is 0 Å². The van der Waals surface area contributed by atoms with Gasteiger partial charge in [-0.2, -0.15) is 0 Å². The van der Waals surface area contributed by atoms with Crippen LogP contribution in [-0.2, 0) is 0 Å². The second-order valence-corrected chi connectivity index (χ2v) is 7.80. The second kappa shape index (κ2) is 8.32. The molecule has 0 radical (unpaired) electrons. The van der Waals surface area contributed by atoms with Gasteiger partial charge in [-0.05, 0) is 76.7 Å². The molecule has 0 bridgehead atoms. The molecule has 29 heavy (non-hydrogen) atoms. The molecule has 0 unspecified atom stereocenters. The molecule has 4 rings (SSSR count). The number of fused-ring (bicyclic) bond motifs is 1.